The van der Waals surface area contributed by atoms with Crippen LogP contribution in [0.25, 0.3) is 11.0 Å². The van der Waals surface area contributed by atoms with Crippen LogP contribution < -0.4 is 5.63 Å². The van der Waals surface area contributed by atoms with Crippen molar-refractivity contribution in [3.05, 3.63) is 58.0 Å². The maximum Gasteiger partial charge on any atom is 0.349 e. The average Bonchev–Trinajstić information content (AvgIpc) is 3.01. The van der Waals surface area contributed by atoms with Gasteiger partial charge in [-0.3, -0.25) is 4.79 Å². The largest absolute Gasteiger partial charge is 0.422 e. The molecule has 0 spiro atoms. The third-order valence-corrected chi connectivity index (χ3v) is 6.08. The van der Waals surface area contributed by atoms with Gasteiger partial charge < -0.3 is 13.9 Å². The summed E-state index contributed by atoms with van der Waals surface area (Å²) in [6, 6.07) is 8.91. The zero-order chi connectivity index (χ0) is 19.8. The lowest BCUT2D eigenvalue weighted by Gasteiger charge is -2.32. The molecule has 0 aliphatic carbocycles. The Morgan fingerprint density at radius 3 is 2.90 bits per heavy atom. The number of aromatic nitrogens is 3. The summed E-state index contributed by atoms with van der Waals surface area (Å²) >= 11 is 0. The van der Waals surface area contributed by atoms with Crippen LogP contribution in [0.2, 0.25) is 0 Å². The molecule has 1 saturated heterocycles. The van der Waals surface area contributed by atoms with Gasteiger partial charge in [0.2, 0.25) is 0 Å². The minimum atomic E-state index is -0.577. The molecule has 0 radical (unpaired) electrons. The first kappa shape index (κ1) is 18.1. The number of carbonyl (C=O) groups excluding carboxylic acids is 1. The fourth-order valence-corrected chi connectivity index (χ4v) is 4.56. The van der Waals surface area contributed by atoms with Gasteiger partial charge in [0, 0.05) is 37.4 Å². The predicted octanol–water partition coefficient (Wildman–Crippen LogP) is 3.13. The number of nitrogens with zero attached hydrogens (tertiary/aromatic N) is 4. The number of likely N-dealkylation sites (tertiary alicyclic amines) is 1. The summed E-state index contributed by atoms with van der Waals surface area (Å²) in [6.07, 6.45) is 6.36. The Morgan fingerprint density at radius 1 is 1.07 bits per heavy atom. The van der Waals surface area contributed by atoms with Crippen LogP contribution in [-0.2, 0) is 13.0 Å². The Kier molecular flexibility index (Phi) is 4.66. The lowest BCUT2D eigenvalue weighted by atomic mass is 9.96. The number of hydrogen-bond acceptors (Lipinski definition) is 5. The smallest absolute Gasteiger partial charge is 0.349 e. The zero-order valence-corrected chi connectivity index (χ0v) is 16.3. The third-order valence-electron chi connectivity index (χ3n) is 6.08. The average molecular weight is 392 g/mol. The van der Waals surface area contributed by atoms with Crippen molar-refractivity contribution in [3.8, 4) is 0 Å². The number of piperidine rings is 1. The minimum absolute atomic E-state index is 0.101. The number of hydrogen-bond donors (Lipinski definition) is 0. The van der Waals surface area contributed by atoms with E-state index in [0.29, 0.717) is 18.7 Å². The van der Waals surface area contributed by atoms with E-state index in [1.807, 2.05) is 18.2 Å². The molecule has 4 heterocycles. The van der Waals surface area contributed by atoms with Gasteiger partial charge in [-0.05, 0) is 37.8 Å². The second-order valence-corrected chi connectivity index (χ2v) is 8.01. The first-order valence-electron chi connectivity index (χ1n) is 10.4. The van der Waals surface area contributed by atoms with Gasteiger partial charge in [0.15, 0.2) is 0 Å². The monoisotopic (exact) mass is 392 g/mol. The van der Waals surface area contributed by atoms with Crippen LogP contribution in [0, 0.1) is 0 Å². The van der Waals surface area contributed by atoms with Crippen LogP contribution in [0.4, 0.5) is 0 Å². The number of benzene rings is 1. The zero-order valence-electron chi connectivity index (χ0n) is 16.3. The molecule has 3 aromatic rings. The summed E-state index contributed by atoms with van der Waals surface area (Å²) in [5.41, 5.74) is 0.0216. The fourth-order valence-electron chi connectivity index (χ4n) is 4.56. The van der Waals surface area contributed by atoms with Gasteiger partial charge in [-0.1, -0.05) is 24.6 Å². The summed E-state index contributed by atoms with van der Waals surface area (Å²) in [6.45, 7) is 2.15. The number of rotatable bonds is 2. The normalized spacial score (nSPS) is 19.7. The van der Waals surface area contributed by atoms with E-state index in [-0.39, 0.29) is 17.4 Å². The lowest BCUT2D eigenvalue weighted by Crippen LogP contribution is -2.41. The highest BCUT2D eigenvalue weighted by atomic mass is 16.4. The van der Waals surface area contributed by atoms with E-state index in [0.717, 1.165) is 55.7 Å². The molecule has 2 aliphatic rings. The third kappa shape index (κ3) is 3.34. The number of para-hydroxylation sites is 1. The van der Waals surface area contributed by atoms with E-state index >= 15 is 0 Å². The standard InChI is InChI=1S/C22H24N4O3/c27-21(17-13-15-7-3-4-9-18(15)29-22(17)28)25-11-6-8-16(14-25)20-24-23-19-10-2-1-5-12-26(19)20/h3-4,7,9,13,16H,1-2,5-6,8,10-12,14H2. The Labute approximate surface area is 168 Å². The van der Waals surface area contributed by atoms with Gasteiger partial charge in [-0.25, -0.2) is 4.79 Å². The van der Waals surface area contributed by atoms with Crippen LogP contribution >= 0.6 is 0 Å². The van der Waals surface area contributed by atoms with Crippen molar-refractivity contribution in [2.45, 2.75) is 51.0 Å². The number of amides is 1. The molecule has 150 valence electrons. The van der Waals surface area contributed by atoms with E-state index in [9.17, 15) is 9.59 Å². The number of fused-ring (bicyclic) bond motifs is 2. The second-order valence-electron chi connectivity index (χ2n) is 8.01. The Balaban J connectivity index is 1.41. The van der Waals surface area contributed by atoms with E-state index < -0.39 is 5.63 Å². The van der Waals surface area contributed by atoms with Crippen LogP contribution in [0.1, 0.15) is 60.0 Å². The Hall–Kier alpha value is -2.96. The van der Waals surface area contributed by atoms with Gasteiger partial charge in [0.1, 0.15) is 22.8 Å². The SMILES string of the molecule is O=C(c1cc2ccccc2oc1=O)N1CCCC(c2nnc3n2CCCCC3)C1. The van der Waals surface area contributed by atoms with Crippen molar-refractivity contribution in [3.63, 3.8) is 0 Å². The van der Waals surface area contributed by atoms with Crippen LogP contribution in [0.3, 0.4) is 0 Å². The number of aryl methyl sites for hydroxylation is 1. The van der Waals surface area contributed by atoms with Crippen LogP contribution in [0.5, 0.6) is 0 Å². The summed E-state index contributed by atoms with van der Waals surface area (Å²) in [5, 5.41) is 9.65. The summed E-state index contributed by atoms with van der Waals surface area (Å²) in [5.74, 6) is 1.95. The first-order chi connectivity index (χ1) is 14.2. The van der Waals surface area contributed by atoms with Gasteiger partial charge >= 0.3 is 5.63 Å². The highest BCUT2D eigenvalue weighted by Gasteiger charge is 2.31. The van der Waals surface area contributed by atoms with E-state index in [1.165, 1.54) is 6.42 Å². The highest BCUT2D eigenvalue weighted by Crippen LogP contribution is 2.28. The van der Waals surface area contributed by atoms with E-state index in [4.69, 9.17) is 4.42 Å². The maximum absolute atomic E-state index is 13.1. The number of carbonyl (C=O) groups is 1. The molecule has 1 amide bonds. The van der Waals surface area contributed by atoms with Gasteiger partial charge in [-0.2, -0.15) is 0 Å². The molecule has 0 bridgehead atoms. The maximum atomic E-state index is 13.1. The van der Waals surface area contributed by atoms with Crippen molar-refractivity contribution in [1.82, 2.24) is 19.7 Å². The molecular formula is C22H24N4O3. The van der Waals surface area contributed by atoms with E-state index in [2.05, 4.69) is 14.8 Å². The van der Waals surface area contributed by atoms with Crippen LogP contribution in [0.15, 0.2) is 39.5 Å². The minimum Gasteiger partial charge on any atom is -0.422 e. The summed E-state index contributed by atoms with van der Waals surface area (Å²) < 4.78 is 7.62. The topological polar surface area (TPSA) is 81.2 Å². The molecule has 0 N–H and O–H groups in total. The molecule has 0 saturated carbocycles. The Bertz CT molecular complexity index is 1120. The molecule has 29 heavy (non-hydrogen) atoms. The molecular weight excluding hydrogens is 368 g/mol. The molecule has 2 aromatic heterocycles. The molecule has 7 heteroatoms. The van der Waals surface area contributed by atoms with Crippen molar-refractivity contribution in [2.75, 3.05) is 13.1 Å². The first-order valence-corrected chi connectivity index (χ1v) is 10.4. The molecule has 1 unspecified atom stereocenters. The molecule has 2 aliphatic heterocycles. The summed E-state index contributed by atoms with van der Waals surface area (Å²) in [4.78, 5) is 27.3. The van der Waals surface area contributed by atoms with Gasteiger partial charge in [-0.15, -0.1) is 10.2 Å². The van der Waals surface area contributed by atoms with Crippen molar-refractivity contribution < 1.29 is 9.21 Å². The van der Waals surface area contributed by atoms with Crippen LogP contribution in [-0.4, -0.2) is 38.7 Å². The molecule has 1 atom stereocenters. The van der Waals surface area contributed by atoms with Gasteiger partial charge in [0.25, 0.3) is 5.91 Å². The van der Waals surface area contributed by atoms with Crippen molar-refractivity contribution in [1.29, 1.82) is 0 Å². The van der Waals surface area contributed by atoms with E-state index in [1.54, 1.807) is 17.0 Å². The second kappa shape index (κ2) is 7.46. The molecule has 5 rings (SSSR count). The molecule has 7 nitrogen and oxygen atoms in total. The Morgan fingerprint density at radius 2 is 1.97 bits per heavy atom. The van der Waals surface area contributed by atoms with Crippen molar-refractivity contribution >= 4 is 16.9 Å². The quantitative estimate of drug-likeness (QED) is 0.626. The fraction of sp³-hybridized carbons (Fsp3) is 0.455. The molecule has 1 fully saturated rings. The highest BCUT2D eigenvalue weighted by molar-refractivity contribution is 5.96. The van der Waals surface area contributed by atoms with Gasteiger partial charge in [0.05, 0.1) is 0 Å². The predicted molar refractivity (Wildman–Crippen MR) is 108 cm³/mol. The summed E-state index contributed by atoms with van der Waals surface area (Å²) in [7, 11) is 0. The van der Waals surface area contributed by atoms with Crippen molar-refractivity contribution in [2.24, 2.45) is 0 Å². The lowest BCUT2D eigenvalue weighted by molar-refractivity contribution is 0.0699. The molecule has 1 aromatic carbocycles.